The fourth-order valence-electron chi connectivity index (χ4n) is 3.91. The van der Waals surface area contributed by atoms with Gasteiger partial charge in [0.05, 0.1) is 12.7 Å². The average Bonchev–Trinajstić information content (AvgIpc) is 2.83. The number of methoxy groups -OCH3 is 1. The maximum Gasteiger partial charge on any atom is 1.00 e. The summed E-state index contributed by atoms with van der Waals surface area (Å²) in [7, 11) is 1.54. The summed E-state index contributed by atoms with van der Waals surface area (Å²) >= 11 is 0. The van der Waals surface area contributed by atoms with Gasteiger partial charge in [0.15, 0.2) is 0 Å². The summed E-state index contributed by atoms with van der Waals surface area (Å²) in [6.07, 6.45) is 12.7. The summed E-state index contributed by atoms with van der Waals surface area (Å²) in [5, 5.41) is 14.0. The molecule has 0 saturated carbocycles. The number of carbonyl (C=O) groups is 2. The molecule has 3 rings (SSSR count). The van der Waals surface area contributed by atoms with E-state index in [1.165, 1.54) is 0 Å². The van der Waals surface area contributed by atoms with Crippen LogP contribution in [0.3, 0.4) is 0 Å². The first-order chi connectivity index (χ1) is 17.8. The Hall–Kier alpha value is -3.02. The van der Waals surface area contributed by atoms with Crippen molar-refractivity contribution in [2.75, 3.05) is 13.7 Å². The van der Waals surface area contributed by atoms with Crippen LogP contribution >= 0.6 is 0 Å². The van der Waals surface area contributed by atoms with Gasteiger partial charge in [0.25, 0.3) is 5.91 Å². The number of dihydropyridines is 1. The second-order valence-electron chi connectivity index (χ2n) is 11.6. The topological polar surface area (TPSA) is 105 Å². The number of ether oxygens (including phenoxy) is 2. The van der Waals surface area contributed by atoms with Gasteiger partial charge in [0.1, 0.15) is 17.5 Å². The monoisotopic (exact) mass is 528 g/mol. The molecule has 1 aromatic rings. The third kappa shape index (κ3) is 10.2. The molecule has 0 radical (unpaired) electrons. The van der Waals surface area contributed by atoms with E-state index in [1.54, 1.807) is 24.2 Å². The molecule has 2 heterocycles. The van der Waals surface area contributed by atoms with Gasteiger partial charge in [-0.1, -0.05) is 33.3 Å². The van der Waals surface area contributed by atoms with Gasteiger partial charge in [0, 0.05) is 13.1 Å². The summed E-state index contributed by atoms with van der Waals surface area (Å²) in [4.78, 5) is 27.5. The third-order valence-corrected chi connectivity index (χ3v) is 5.87. The molecule has 2 aliphatic heterocycles. The zero-order chi connectivity index (χ0) is 27.9. The molecule has 9 nitrogen and oxygen atoms in total. The third-order valence-electron chi connectivity index (χ3n) is 5.87. The Morgan fingerprint density at radius 2 is 1.90 bits per heavy atom. The second kappa shape index (κ2) is 13.9. The van der Waals surface area contributed by atoms with Crippen molar-refractivity contribution in [2.45, 2.75) is 79.1 Å². The standard InChI is InChI=1S/C29H39N5O4.Li/c1-28(2,3)13-9-14-30-31-18-22-10-8-11-25(32-22)33-26(35)23-16-21-19-34(27(36)38-29(4,5)6)15-12-20(21)17-24(23)37-7;/h8,10-11,16-17,25,32H,9,12-13,15,19H2,1-7H3,(H,33,35);/q-2;+1. The molecule has 0 fully saturated rings. The van der Waals surface area contributed by atoms with E-state index in [0.717, 1.165) is 24.0 Å². The minimum Gasteiger partial charge on any atom is -0.496 e. The molecule has 206 valence electrons. The van der Waals surface area contributed by atoms with Gasteiger partial charge < -0.3 is 41.4 Å². The van der Waals surface area contributed by atoms with Gasteiger partial charge in [-0.15, -0.1) is 18.0 Å². The Kier molecular flexibility index (Phi) is 11.4. The van der Waals surface area contributed by atoms with Gasteiger partial charge in [0.2, 0.25) is 0 Å². The summed E-state index contributed by atoms with van der Waals surface area (Å²) < 4.78 is 11.1. The van der Waals surface area contributed by atoms with Crippen LogP contribution in [0.4, 0.5) is 4.79 Å². The van der Waals surface area contributed by atoms with E-state index >= 15 is 0 Å². The molecule has 2 aliphatic rings. The number of benzene rings is 1. The van der Waals surface area contributed by atoms with Crippen molar-refractivity contribution in [2.24, 2.45) is 15.6 Å². The molecule has 0 spiro atoms. The normalized spacial score (nSPS) is 17.3. The van der Waals surface area contributed by atoms with E-state index in [0.29, 0.717) is 36.5 Å². The predicted molar refractivity (Wildman–Crippen MR) is 149 cm³/mol. The Balaban J connectivity index is 0.00000533. The predicted octanol–water partition coefficient (Wildman–Crippen LogP) is 1.73. The Labute approximate surface area is 244 Å². The zero-order valence-corrected chi connectivity index (χ0v) is 24.5. The van der Waals surface area contributed by atoms with Crippen molar-refractivity contribution in [3.63, 3.8) is 0 Å². The molecule has 1 unspecified atom stereocenters. The molecule has 1 aromatic carbocycles. The first kappa shape index (κ1) is 32.2. The van der Waals surface area contributed by atoms with Crippen molar-refractivity contribution < 1.29 is 37.9 Å². The molecule has 0 aliphatic carbocycles. The molecule has 39 heavy (non-hydrogen) atoms. The van der Waals surface area contributed by atoms with Crippen molar-refractivity contribution in [1.29, 1.82) is 0 Å². The van der Waals surface area contributed by atoms with E-state index in [2.05, 4.69) is 54.0 Å². The minimum atomic E-state index is -0.574. The van der Waals surface area contributed by atoms with Gasteiger partial charge in [-0.05, 0) is 55.9 Å². The number of rotatable bonds is 7. The molecule has 1 atom stereocenters. The van der Waals surface area contributed by atoms with Crippen LogP contribution in [0, 0.1) is 5.41 Å². The van der Waals surface area contributed by atoms with Crippen LogP contribution < -0.4 is 34.2 Å². The van der Waals surface area contributed by atoms with E-state index in [1.807, 2.05) is 39.0 Å². The molecule has 10 heteroatoms. The van der Waals surface area contributed by atoms with Gasteiger partial charge >= 0.3 is 25.0 Å². The molecular formula is C29H39LiN5O4-. The number of amides is 2. The summed E-state index contributed by atoms with van der Waals surface area (Å²) in [6.45, 7) is 12.9. The minimum absolute atomic E-state index is 0. The summed E-state index contributed by atoms with van der Waals surface area (Å²) in [5.74, 6) is 0.170. The van der Waals surface area contributed by atoms with Crippen LogP contribution in [0.1, 0.15) is 75.9 Å². The van der Waals surface area contributed by atoms with E-state index in [9.17, 15) is 9.59 Å². The van der Waals surface area contributed by atoms with Crippen LogP contribution in [0.5, 0.6) is 5.75 Å². The van der Waals surface area contributed by atoms with E-state index in [-0.39, 0.29) is 36.3 Å². The van der Waals surface area contributed by atoms with Crippen molar-refractivity contribution in [1.82, 2.24) is 15.5 Å². The Bertz CT molecular complexity index is 1150. The molecule has 0 saturated heterocycles. The van der Waals surface area contributed by atoms with Crippen LogP contribution in [0.25, 0.3) is 0 Å². The van der Waals surface area contributed by atoms with Crippen LogP contribution in [-0.4, -0.2) is 54.8 Å². The molecule has 2 amide bonds. The molecular weight excluding hydrogens is 489 g/mol. The van der Waals surface area contributed by atoms with Crippen LogP contribution in [0.2, 0.25) is 0 Å². The number of hydrogen-bond donors (Lipinski definition) is 2. The maximum atomic E-state index is 13.2. The zero-order valence-electron chi connectivity index (χ0n) is 24.5. The number of hydrogen-bond acceptors (Lipinski definition) is 7. The SMILES string of the molecule is COc1cc2c(cc1C(=O)NC1C=CC=C([C-]=NN=[C-]CCC(C)(C)C)N1)CN(C(=O)OC(C)(C)C)CC2.[Li+]. The van der Waals surface area contributed by atoms with Crippen molar-refractivity contribution >= 4 is 24.4 Å². The van der Waals surface area contributed by atoms with Crippen LogP contribution in [0.15, 0.2) is 46.3 Å². The average molecular weight is 529 g/mol. The number of fused-ring (bicyclic) bond motifs is 1. The number of nitrogens with zero attached hydrogens (tertiary/aromatic N) is 3. The van der Waals surface area contributed by atoms with Gasteiger partial charge in [-0.25, -0.2) is 4.79 Å². The van der Waals surface area contributed by atoms with Crippen molar-refractivity contribution in [3.8, 4) is 5.75 Å². The summed E-state index contributed by atoms with van der Waals surface area (Å²) in [6, 6.07) is 3.67. The number of allylic oxidation sites excluding steroid dienone is 3. The second-order valence-corrected chi connectivity index (χ2v) is 11.6. The quantitative estimate of drug-likeness (QED) is 0.243. The first-order valence-corrected chi connectivity index (χ1v) is 12.9. The fraction of sp³-hybridized carbons (Fsp3) is 0.517. The fourth-order valence-corrected chi connectivity index (χ4v) is 3.91. The van der Waals surface area contributed by atoms with Gasteiger partial charge in [-0.2, -0.15) is 12.5 Å². The van der Waals surface area contributed by atoms with E-state index < -0.39 is 11.8 Å². The largest absolute Gasteiger partial charge is 1.00 e. The first-order valence-electron chi connectivity index (χ1n) is 12.9. The van der Waals surface area contributed by atoms with Crippen molar-refractivity contribution in [3.05, 3.63) is 52.7 Å². The van der Waals surface area contributed by atoms with Gasteiger partial charge in [-0.3, -0.25) is 4.79 Å². The number of nitrogens with one attached hydrogen (secondary N) is 2. The maximum absolute atomic E-state index is 13.2. The Morgan fingerprint density at radius 1 is 1.15 bits per heavy atom. The molecule has 0 bridgehead atoms. The summed E-state index contributed by atoms with van der Waals surface area (Å²) in [5.41, 5.74) is 2.56. The number of carbonyl (C=O) groups excluding carboxylic acids is 2. The molecule has 2 N–H and O–H groups in total. The Morgan fingerprint density at radius 3 is 2.56 bits per heavy atom. The molecule has 0 aromatic heterocycles. The smallest absolute Gasteiger partial charge is 0.496 e. The van der Waals surface area contributed by atoms with Crippen LogP contribution in [-0.2, 0) is 17.7 Å². The van der Waals surface area contributed by atoms with E-state index in [4.69, 9.17) is 9.47 Å².